The highest BCUT2D eigenvalue weighted by molar-refractivity contribution is 5.63. The fraction of sp³-hybridized carbons (Fsp3) is 0.565. The van der Waals surface area contributed by atoms with E-state index in [1.165, 1.54) is 18.9 Å². The van der Waals surface area contributed by atoms with Gasteiger partial charge in [-0.15, -0.1) is 0 Å². The van der Waals surface area contributed by atoms with Gasteiger partial charge < -0.3 is 21.3 Å². The summed E-state index contributed by atoms with van der Waals surface area (Å²) < 4.78 is 39.6. The number of nitrogens with two attached hydrogens (primary N) is 1. The molecule has 1 saturated carbocycles. The van der Waals surface area contributed by atoms with Crippen molar-refractivity contribution in [3.05, 3.63) is 35.5 Å². The molecule has 174 valence electrons. The van der Waals surface area contributed by atoms with Crippen molar-refractivity contribution in [1.29, 1.82) is 0 Å². The Hall–Kier alpha value is -2.55. The van der Waals surface area contributed by atoms with Crippen molar-refractivity contribution in [1.82, 2.24) is 15.3 Å². The van der Waals surface area contributed by atoms with Crippen LogP contribution in [0.25, 0.3) is 0 Å². The largest absolute Gasteiger partial charge is 0.416 e. The zero-order chi connectivity index (χ0) is 22.7. The summed E-state index contributed by atoms with van der Waals surface area (Å²) in [7, 11) is 0. The number of benzene rings is 1. The predicted octanol–water partition coefficient (Wildman–Crippen LogP) is 4.74. The van der Waals surface area contributed by atoms with Crippen molar-refractivity contribution >= 4 is 23.1 Å². The van der Waals surface area contributed by atoms with Crippen molar-refractivity contribution in [2.75, 3.05) is 35.6 Å². The highest BCUT2D eigenvalue weighted by Crippen LogP contribution is 2.33. The first kappa shape index (κ1) is 22.6. The second-order valence-electron chi connectivity index (χ2n) is 8.89. The number of aryl methyl sites for hydroxylation is 1. The van der Waals surface area contributed by atoms with E-state index in [1.54, 1.807) is 0 Å². The van der Waals surface area contributed by atoms with Crippen LogP contribution in [-0.2, 0) is 12.6 Å². The molecule has 4 N–H and O–H groups in total. The van der Waals surface area contributed by atoms with Crippen LogP contribution in [-0.4, -0.2) is 35.6 Å². The monoisotopic (exact) mass is 448 g/mol. The molecule has 0 spiro atoms. The van der Waals surface area contributed by atoms with Gasteiger partial charge in [-0.2, -0.15) is 18.2 Å². The molecule has 6 nitrogen and oxygen atoms in total. The van der Waals surface area contributed by atoms with Gasteiger partial charge in [-0.05, 0) is 62.8 Å². The highest BCUT2D eigenvalue weighted by Gasteiger charge is 2.31. The summed E-state index contributed by atoms with van der Waals surface area (Å²) in [4.78, 5) is 11.4. The van der Waals surface area contributed by atoms with E-state index in [2.05, 4.69) is 32.4 Å². The second kappa shape index (κ2) is 9.52. The van der Waals surface area contributed by atoms with Crippen molar-refractivity contribution in [3.63, 3.8) is 0 Å². The second-order valence-corrected chi connectivity index (χ2v) is 8.89. The van der Waals surface area contributed by atoms with Crippen LogP contribution < -0.4 is 21.3 Å². The molecule has 1 aromatic carbocycles. The number of piperidine rings is 1. The lowest BCUT2D eigenvalue weighted by Crippen LogP contribution is -2.46. The van der Waals surface area contributed by atoms with Gasteiger partial charge in [0.05, 0.1) is 5.56 Å². The van der Waals surface area contributed by atoms with Gasteiger partial charge in [0.2, 0.25) is 5.95 Å². The van der Waals surface area contributed by atoms with Gasteiger partial charge in [0, 0.05) is 42.3 Å². The summed E-state index contributed by atoms with van der Waals surface area (Å²) in [5.74, 6) is 1.93. The fourth-order valence-corrected chi connectivity index (χ4v) is 4.11. The van der Waals surface area contributed by atoms with E-state index >= 15 is 0 Å². The molecule has 1 atom stereocenters. The molecule has 9 heteroatoms. The third-order valence-electron chi connectivity index (χ3n) is 5.95. The molecule has 32 heavy (non-hydrogen) atoms. The lowest BCUT2D eigenvalue weighted by molar-refractivity contribution is -0.137. The number of rotatable bonds is 8. The zero-order valence-corrected chi connectivity index (χ0v) is 18.4. The molecule has 2 fully saturated rings. The minimum atomic E-state index is -4.47. The number of nitrogen functional groups attached to an aromatic ring is 1. The Balaban J connectivity index is 1.54. The summed E-state index contributed by atoms with van der Waals surface area (Å²) in [6.07, 6.45) is 2.07. The van der Waals surface area contributed by atoms with E-state index in [0.29, 0.717) is 6.04 Å². The lowest BCUT2D eigenvalue weighted by Gasteiger charge is -2.34. The number of hydrogen-bond donors (Lipinski definition) is 3. The SMILES string of the molecule is CCCc1cc(N2CCC[C@@H](NCC3CC3)C2)nc(Nc2cc(N)cc(C(F)(F)F)c2)n1. The molecule has 2 aromatic rings. The van der Waals surface area contributed by atoms with Crippen LogP contribution in [0.3, 0.4) is 0 Å². The molecule has 1 aliphatic heterocycles. The van der Waals surface area contributed by atoms with Gasteiger partial charge in [0.1, 0.15) is 5.82 Å². The van der Waals surface area contributed by atoms with Crippen LogP contribution in [0.5, 0.6) is 0 Å². The molecule has 0 unspecified atom stereocenters. The number of nitrogens with one attached hydrogen (secondary N) is 2. The Morgan fingerprint density at radius 2 is 1.94 bits per heavy atom. The van der Waals surface area contributed by atoms with E-state index in [1.807, 2.05) is 6.07 Å². The molecule has 1 saturated heterocycles. The molecule has 2 heterocycles. The van der Waals surface area contributed by atoms with Crippen LogP contribution in [0.15, 0.2) is 24.3 Å². The Bertz CT molecular complexity index is 928. The van der Waals surface area contributed by atoms with Crippen molar-refractivity contribution in [3.8, 4) is 0 Å². The third-order valence-corrected chi connectivity index (χ3v) is 5.95. The molecule has 1 aliphatic carbocycles. The molecular formula is C23H31F3N6. The van der Waals surface area contributed by atoms with Crippen LogP contribution in [0, 0.1) is 5.92 Å². The summed E-state index contributed by atoms with van der Waals surface area (Å²) >= 11 is 0. The summed E-state index contributed by atoms with van der Waals surface area (Å²) in [6.45, 7) is 4.92. The highest BCUT2D eigenvalue weighted by atomic mass is 19.4. The summed E-state index contributed by atoms with van der Waals surface area (Å²) in [5.41, 5.74) is 6.03. The van der Waals surface area contributed by atoms with Crippen molar-refractivity contribution in [2.45, 2.75) is 57.7 Å². The van der Waals surface area contributed by atoms with Crippen LogP contribution >= 0.6 is 0 Å². The van der Waals surface area contributed by atoms with E-state index in [-0.39, 0.29) is 17.3 Å². The Labute approximate surface area is 186 Å². The first-order valence-corrected chi connectivity index (χ1v) is 11.4. The maximum Gasteiger partial charge on any atom is 0.416 e. The molecule has 0 amide bonds. The molecule has 0 bridgehead atoms. The van der Waals surface area contributed by atoms with Crippen molar-refractivity contribution in [2.24, 2.45) is 5.92 Å². The quantitative estimate of drug-likeness (QED) is 0.506. The van der Waals surface area contributed by atoms with Gasteiger partial charge in [0.15, 0.2) is 0 Å². The van der Waals surface area contributed by atoms with E-state index in [9.17, 15) is 13.2 Å². The van der Waals surface area contributed by atoms with Crippen LogP contribution in [0.1, 0.15) is 50.3 Å². The standard InChI is InChI=1S/C23H31F3N6/c1-2-4-18-12-21(32-8-3-5-19(14-32)28-13-15-6-7-15)31-22(29-18)30-20-10-16(23(24,25)26)9-17(27)11-20/h9-12,15,19,28H,2-8,13-14,27H2,1H3,(H,29,30,31)/t19-/m1/s1. The zero-order valence-electron chi connectivity index (χ0n) is 18.4. The number of hydrogen-bond acceptors (Lipinski definition) is 6. The number of nitrogens with zero attached hydrogens (tertiary/aromatic N) is 3. The number of alkyl halides is 3. The minimum Gasteiger partial charge on any atom is -0.399 e. The van der Waals surface area contributed by atoms with Gasteiger partial charge >= 0.3 is 6.18 Å². The van der Waals surface area contributed by atoms with Gasteiger partial charge in [-0.25, -0.2) is 4.98 Å². The Morgan fingerprint density at radius 3 is 2.66 bits per heavy atom. The maximum atomic E-state index is 13.2. The van der Waals surface area contributed by atoms with E-state index < -0.39 is 11.7 Å². The van der Waals surface area contributed by atoms with E-state index in [0.717, 1.165) is 74.9 Å². The minimum absolute atomic E-state index is 0.0351. The van der Waals surface area contributed by atoms with Crippen molar-refractivity contribution < 1.29 is 13.2 Å². The Morgan fingerprint density at radius 1 is 1.12 bits per heavy atom. The molecular weight excluding hydrogens is 417 g/mol. The Kier molecular flexibility index (Phi) is 6.74. The van der Waals surface area contributed by atoms with Gasteiger partial charge in [0.25, 0.3) is 0 Å². The van der Waals surface area contributed by atoms with Crippen LogP contribution in [0.4, 0.5) is 36.3 Å². The molecule has 2 aliphatic rings. The first-order chi connectivity index (χ1) is 15.3. The number of anilines is 4. The maximum absolute atomic E-state index is 13.2. The lowest BCUT2D eigenvalue weighted by atomic mass is 10.1. The summed E-state index contributed by atoms with van der Waals surface area (Å²) in [5, 5.41) is 6.63. The smallest absolute Gasteiger partial charge is 0.399 e. The molecule has 4 rings (SSSR count). The van der Waals surface area contributed by atoms with Gasteiger partial charge in [-0.1, -0.05) is 13.3 Å². The molecule has 1 aromatic heterocycles. The summed E-state index contributed by atoms with van der Waals surface area (Å²) in [6, 6.07) is 5.84. The van der Waals surface area contributed by atoms with Crippen LogP contribution in [0.2, 0.25) is 0 Å². The number of aromatic nitrogens is 2. The first-order valence-electron chi connectivity index (χ1n) is 11.4. The fourth-order valence-electron chi connectivity index (χ4n) is 4.11. The predicted molar refractivity (Wildman–Crippen MR) is 121 cm³/mol. The topological polar surface area (TPSA) is 79.1 Å². The van der Waals surface area contributed by atoms with E-state index in [4.69, 9.17) is 5.73 Å². The normalized spacial score (nSPS) is 19.2. The number of halogens is 3. The average Bonchev–Trinajstić information content (AvgIpc) is 3.56. The van der Waals surface area contributed by atoms with Gasteiger partial charge in [-0.3, -0.25) is 0 Å². The average molecular weight is 449 g/mol. The molecule has 0 radical (unpaired) electrons. The third kappa shape index (κ3) is 6.03.